The average Bonchev–Trinajstić information content (AvgIpc) is 2.97. The van der Waals surface area contributed by atoms with Gasteiger partial charge in [-0.2, -0.15) is 0 Å². The van der Waals surface area contributed by atoms with Crippen LogP contribution in [0.25, 0.3) is 11.3 Å². The number of benzene rings is 1. The molecule has 2 heterocycles. The highest BCUT2D eigenvalue weighted by molar-refractivity contribution is 7.10. The molecule has 0 N–H and O–H groups in total. The molecule has 21 heavy (non-hydrogen) atoms. The first-order valence-electron chi connectivity index (χ1n) is 6.76. The summed E-state index contributed by atoms with van der Waals surface area (Å²) in [5.74, 6) is 0. The Labute approximate surface area is 132 Å². The van der Waals surface area contributed by atoms with Crippen LogP contribution < -0.4 is 0 Å². The van der Waals surface area contributed by atoms with Crippen molar-refractivity contribution in [3.8, 4) is 11.3 Å². The Morgan fingerprint density at radius 3 is 2.71 bits per heavy atom. The molecule has 0 aliphatic heterocycles. The second-order valence-corrected chi connectivity index (χ2v) is 5.91. The molecule has 3 aromatic rings. The van der Waals surface area contributed by atoms with Crippen molar-refractivity contribution in [3.63, 3.8) is 0 Å². The van der Waals surface area contributed by atoms with E-state index in [1.807, 2.05) is 18.2 Å². The fourth-order valence-corrected chi connectivity index (χ4v) is 3.30. The SMILES string of the molecule is CCc1c(Cl)ncnc1Cc1nc(-c2ccccc2)cs1. The number of aromatic nitrogens is 3. The summed E-state index contributed by atoms with van der Waals surface area (Å²) in [7, 11) is 0. The van der Waals surface area contributed by atoms with E-state index in [4.69, 9.17) is 16.6 Å². The van der Waals surface area contributed by atoms with Gasteiger partial charge in [-0.3, -0.25) is 0 Å². The summed E-state index contributed by atoms with van der Waals surface area (Å²) in [4.78, 5) is 13.1. The lowest BCUT2D eigenvalue weighted by molar-refractivity contribution is 0.943. The van der Waals surface area contributed by atoms with E-state index in [2.05, 4.69) is 34.4 Å². The molecular formula is C16H14ClN3S. The van der Waals surface area contributed by atoms with E-state index in [1.165, 1.54) is 6.33 Å². The Hall–Kier alpha value is -1.78. The monoisotopic (exact) mass is 315 g/mol. The van der Waals surface area contributed by atoms with E-state index in [9.17, 15) is 0 Å². The van der Waals surface area contributed by atoms with Crippen LogP contribution in [0.15, 0.2) is 42.0 Å². The number of hydrogen-bond donors (Lipinski definition) is 0. The van der Waals surface area contributed by atoms with E-state index in [-0.39, 0.29) is 0 Å². The third kappa shape index (κ3) is 3.12. The molecule has 0 atom stereocenters. The van der Waals surface area contributed by atoms with E-state index >= 15 is 0 Å². The van der Waals surface area contributed by atoms with Gasteiger partial charge >= 0.3 is 0 Å². The van der Waals surface area contributed by atoms with Crippen LogP contribution in [-0.4, -0.2) is 15.0 Å². The highest BCUT2D eigenvalue weighted by Crippen LogP contribution is 2.25. The first-order valence-corrected chi connectivity index (χ1v) is 8.01. The fraction of sp³-hybridized carbons (Fsp3) is 0.188. The normalized spacial score (nSPS) is 10.8. The van der Waals surface area contributed by atoms with Crippen molar-refractivity contribution >= 4 is 22.9 Å². The quantitative estimate of drug-likeness (QED) is 0.669. The molecule has 0 spiro atoms. The molecule has 0 bridgehead atoms. The summed E-state index contributed by atoms with van der Waals surface area (Å²) >= 11 is 7.78. The van der Waals surface area contributed by atoms with Gasteiger partial charge in [0.25, 0.3) is 0 Å². The summed E-state index contributed by atoms with van der Waals surface area (Å²) in [5.41, 5.74) is 4.12. The Morgan fingerprint density at radius 1 is 1.14 bits per heavy atom. The van der Waals surface area contributed by atoms with E-state index < -0.39 is 0 Å². The lowest BCUT2D eigenvalue weighted by Crippen LogP contribution is -2.00. The molecule has 0 aliphatic rings. The molecule has 0 saturated carbocycles. The predicted molar refractivity (Wildman–Crippen MR) is 86.8 cm³/mol. The number of rotatable bonds is 4. The van der Waals surface area contributed by atoms with Gasteiger partial charge in [0.15, 0.2) is 0 Å². The van der Waals surface area contributed by atoms with Crippen molar-refractivity contribution in [2.75, 3.05) is 0 Å². The predicted octanol–water partition coefficient (Wildman–Crippen LogP) is 4.41. The van der Waals surface area contributed by atoms with Crippen LogP contribution >= 0.6 is 22.9 Å². The van der Waals surface area contributed by atoms with E-state index in [1.54, 1.807) is 11.3 Å². The molecule has 0 radical (unpaired) electrons. The van der Waals surface area contributed by atoms with Gasteiger partial charge in [-0.15, -0.1) is 11.3 Å². The molecule has 3 nitrogen and oxygen atoms in total. The van der Waals surface area contributed by atoms with E-state index in [0.29, 0.717) is 11.6 Å². The molecule has 106 valence electrons. The van der Waals surface area contributed by atoms with Crippen molar-refractivity contribution < 1.29 is 0 Å². The molecule has 0 amide bonds. The van der Waals surface area contributed by atoms with Crippen LogP contribution in [0, 0.1) is 0 Å². The summed E-state index contributed by atoms with van der Waals surface area (Å²) < 4.78 is 0. The second kappa shape index (κ2) is 6.33. The van der Waals surface area contributed by atoms with Gasteiger partial charge in [-0.05, 0) is 6.42 Å². The second-order valence-electron chi connectivity index (χ2n) is 4.61. The summed E-state index contributed by atoms with van der Waals surface area (Å²) in [6.07, 6.45) is 3.04. The Kier molecular flexibility index (Phi) is 4.27. The highest BCUT2D eigenvalue weighted by atomic mass is 35.5. The molecule has 3 rings (SSSR count). The summed E-state index contributed by atoms with van der Waals surface area (Å²) in [5, 5.41) is 3.67. The average molecular weight is 316 g/mol. The zero-order valence-electron chi connectivity index (χ0n) is 11.6. The standard InChI is InChI=1S/C16H14ClN3S/c1-2-12-13(18-10-19-16(12)17)8-15-20-14(9-21-15)11-6-4-3-5-7-11/h3-7,9-10H,2,8H2,1H3. The lowest BCUT2D eigenvalue weighted by atomic mass is 10.1. The van der Waals surface area contributed by atoms with Gasteiger partial charge in [0.2, 0.25) is 0 Å². The van der Waals surface area contributed by atoms with Crippen LogP contribution in [0.3, 0.4) is 0 Å². The minimum absolute atomic E-state index is 0.544. The Morgan fingerprint density at radius 2 is 1.95 bits per heavy atom. The van der Waals surface area contributed by atoms with Crippen LogP contribution in [0.4, 0.5) is 0 Å². The van der Waals surface area contributed by atoms with Crippen molar-refractivity contribution in [1.82, 2.24) is 15.0 Å². The Balaban J connectivity index is 1.87. The van der Waals surface area contributed by atoms with Gasteiger partial charge in [-0.25, -0.2) is 15.0 Å². The number of nitrogens with zero attached hydrogens (tertiary/aromatic N) is 3. The fourth-order valence-electron chi connectivity index (χ4n) is 2.20. The topological polar surface area (TPSA) is 38.7 Å². The van der Waals surface area contributed by atoms with Crippen molar-refractivity contribution in [3.05, 3.63) is 63.5 Å². The van der Waals surface area contributed by atoms with Crippen LogP contribution in [0.2, 0.25) is 5.15 Å². The van der Waals surface area contributed by atoms with Gasteiger partial charge in [0.1, 0.15) is 11.5 Å². The van der Waals surface area contributed by atoms with Gasteiger partial charge in [0, 0.05) is 22.9 Å². The number of hydrogen-bond acceptors (Lipinski definition) is 4. The highest BCUT2D eigenvalue weighted by Gasteiger charge is 2.11. The third-order valence-corrected chi connectivity index (χ3v) is 4.45. The molecule has 0 unspecified atom stereocenters. The van der Waals surface area contributed by atoms with Crippen molar-refractivity contribution in [2.45, 2.75) is 19.8 Å². The molecular weight excluding hydrogens is 302 g/mol. The minimum atomic E-state index is 0.544. The van der Waals surface area contributed by atoms with Gasteiger partial charge < -0.3 is 0 Å². The maximum absolute atomic E-state index is 6.13. The molecule has 0 saturated heterocycles. The van der Waals surface area contributed by atoms with Crippen molar-refractivity contribution in [2.24, 2.45) is 0 Å². The largest absolute Gasteiger partial charge is 0.241 e. The molecule has 5 heteroatoms. The molecule has 0 aliphatic carbocycles. The summed E-state index contributed by atoms with van der Waals surface area (Å²) in [6, 6.07) is 10.2. The van der Waals surface area contributed by atoms with Crippen LogP contribution in [0.5, 0.6) is 0 Å². The third-order valence-electron chi connectivity index (χ3n) is 3.28. The zero-order chi connectivity index (χ0) is 14.7. The lowest BCUT2D eigenvalue weighted by Gasteiger charge is -2.05. The first kappa shape index (κ1) is 14.2. The number of thiazole rings is 1. The van der Waals surface area contributed by atoms with Crippen molar-refractivity contribution in [1.29, 1.82) is 0 Å². The number of halogens is 1. The molecule has 0 fully saturated rings. The first-order chi connectivity index (χ1) is 10.3. The molecule has 2 aromatic heterocycles. The smallest absolute Gasteiger partial charge is 0.135 e. The zero-order valence-corrected chi connectivity index (χ0v) is 13.2. The summed E-state index contributed by atoms with van der Waals surface area (Å²) in [6.45, 7) is 2.06. The maximum atomic E-state index is 6.13. The van der Waals surface area contributed by atoms with Crippen LogP contribution in [-0.2, 0) is 12.8 Å². The maximum Gasteiger partial charge on any atom is 0.135 e. The van der Waals surface area contributed by atoms with Gasteiger partial charge in [0.05, 0.1) is 16.4 Å². The Bertz CT molecular complexity index is 740. The molecule has 1 aromatic carbocycles. The van der Waals surface area contributed by atoms with E-state index in [0.717, 1.165) is 33.9 Å². The van der Waals surface area contributed by atoms with Gasteiger partial charge in [-0.1, -0.05) is 48.9 Å². The minimum Gasteiger partial charge on any atom is -0.241 e. The van der Waals surface area contributed by atoms with Crippen LogP contribution in [0.1, 0.15) is 23.2 Å².